The van der Waals surface area contributed by atoms with Crippen LogP contribution in [0.3, 0.4) is 0 Å². The number of carbonyl (C=O) groups is 4. The van der Waals surface area contributed by atoms with Gasteiger partial charge in [0.1, 0.15) is 0 Å². The number of halogens is 1. The maximum atomic E-state index is 17.6. The molecule has 0 heterocycles. The summed E-state index contributed by atoms with van der Waals surface area (Å²) in [5, 5.41) is 28.3. The summed E-state index contributed by atoms with van der Waals surface area (Å²) in [7, 11) is 0. The van der Waals surface area contributed by atoms with Crippen LogP contribution in [0.25, 0.3) is 0 Å². The Morgan fingerprint density at radius 3 is 2.52 bits per heavy atom. The molecule has 0 aromatic heterocycles. The first-order valence-electron chi connectivity index (χ1n) is 15.3. The van der Waals surface area contributed by atoms with E-state index in [-0.39, 0.29) is 38.3 Å². The molecule has 246 valence electrons. The van der Waals surface area contributed by atoms with E-state index in [0.29, 0.717) is 31.3 Å². The van der Waals surface area contributed by atoms with Crippen LogP contribution >= 0.6 is 0 Å². The molecule has 0 saturated heterocycles. The minimum atomic E-state index is -2.13. The normalized spacial score (nSPS) is 37.5. The van der Waals surface area contributed by atoms with Crippen molar-refractivity contribution in [3.05, 3.63) is 23.8 Å². The molecule has 4 aliphatic carbocycles. The number of rotatable bonds is 12. The number of hydrogen-bond donors (Lipinski definition) is 3. The van der Waals surface area contributed by atoms with Gasteiger partial charge in [-0.1, -0.05) is 38.8 Å². The van der Waals surface area contributed by atoms with Crippen LogP contribution in [0.4, 0.5) is 9.18 Å². The van der Waals surface area contributed by atoms with E-state index in [4.69, 9.17) is 24.6 Å². The number of ketones is 2. The van der Waals surface area contributed by atoms with Gasteiger partial charge in [0.15, 0.2) is 23.7 Å². The number of allylic oxidation sites excluding steroid dienone is 4. The summed E-state index contributed by atoms with van der Waals surface area (Å²) in [4.78, 5) is 56.1. The van der Waals surface area contributed by atoms with E-state index < -0.39 is 75.9 Å². The lowest BCUT2D eigenvalue weighted by Crippen LogP contribution is -2.70. The molecule has 0 amide bonds. The number of carbonyl (C=O) groups excluding carboxylic acids is 4. The fourth-order valence-electron chi connectivity index (χ4n) is 8.58. The van der Waals surface area contributed by atoms with E-state index >= 15 is 4.39 Å². The molecule has 4 aliphatic rings. The number of aliphatic hydroxyl groups is 1. The van der Waals surface area contributed by atoms with E-state index in [1.807, 2.05) is 6.92 Å². The number of alkyl halides is 1. The quantitative estimate of drug-likeness (QED) is 0.161. The van der Waals surface area contributed by atoms with Gasteiger partial charge in [-0.3, -0.25) is 29.6 Å². The number of Topliss-reactive ketones (excluding diaryl/α,β-unsaturated/α-hetero) is 1. The van der Waals surface area contributed by atoms with Gasteiger partial charge in [-0.2, -0.15) is 0 Å². The number of unbranched alkanes of at least 4 members (excludes halogenated alkanes) is 1. The van der Waals surface area contributed by atoms with Crippen LogP contribution < -0.4 is 0 Å². The molecule has 13 heteroatoms. The lowest BCUT2D eigenvalue weighted by molar-refractivity contribution is -0.492. The number of hydrogen-bond acceptors (Lipinski definition) is 12. The molecule has 12 nitrogen and oxygen atoms in total. The maximum Gasteiger partial charge on any atom is 0.508 e. The summed E-state index contributed by atoms with van der Waals surface area (Å²) in [6, 6.07) is 0. The second-order valence-electron chi connectivity index (χ2n) is 13.0. The molecule has 0 aliphatic heterocycles. The highest BCUT2D eigenvalue weighted by Gasteiger charge is 2.77. The average Bonchev–Trinajstić information content (AvgIpc) is 3.17. The summed E-state index contributed by atoms with van der Waals surface area (Å²) in [6.45, 7) is 5.99. The van der Waals surface area contributed by atoms with Gasteiger partial charge < -0.3 is 19.3 Å². The summed E-state index contributed by atoms with van der Waals surface area (Å²) < 4.78 is 33.7. The maximum absolute atomic E-state index is 17.6. The minimum Gasteiger partial charge on any atom is -0.450 e. The van der Waals surface area contributed by atoms with E-state index in [0.717, 1.165) is 6.42 Å². The summed E-state index contributed by atoms with van der Waals surface area (Å²) in [5.74, 6) is -3.26. The Kier molecular flexibility index (Phi) is 10.1. The Bertz CT molecular complexity index is 1200. The molecule has 0 aromatic carbocycles. The Hall–Kier alpha value is -2.71. The zero-order valence-corrected chi connectivity index (χ0v) is 25.8. The molecule has 0 aromatic rings. The van der Waals surface area contributed by atoms with E-state index in [2.05, 4.69) is 4.84 Å². The van der Waals surface area contributed by atoms with Gasteiger partial charge in [-0.05, 0) is 57.1 Å². The zero-order valence-electron chi connectivity index (χ0n) is 25.8. The van der Waals surface area contributed by atoms with E-state index in [1.165, 1.54) is 12.2 Å². The first-order valence-corrected chi connectivity index (χ1v) is 15.3. The van der Waals surface area contributed by atoms with Crippen molar-refractivity contribution in [2.75, 3.05) is 19.8 Å². The number of esters is 1. The first-order chi connectivity index (χ1) is 20.7. The number of aliphatic hydroxyl groups excluding tert-OH is 1. The van der Waals surface area contributed by atoms with Gasteiger partial charge in [0.2, 0.25) is 5.78 Å². The molecule has 0 radical (unpaired) electrons. The van der Waals surface area contributed by atoms with Crippen molar-refractivity contribution in [1.82, 2.24) is 5.39 Å². The van der Waals surface area contributed by atoms with Crippen molar-refractivity contribution >= 4 is 23.7 Å². The Morgan fingerprint density at radius 1 is 1.11 bits per heavy atom. The van der Waals surface area contributed by atoms with Crippen LogP contribution in [0.15, 0.2) is 23.8 Å². The fourth-order valence-corrected chi connectivity index (χ4v) is 8.58. The fraction of sp³-hybridized carbons (Fsp3) is 0.742. The monoisotopic (exact) mass is 625 g/mol. The van der Waals surface area contributed by atoms with Gasteiger partial charge in [0.25, 0.3) is 0 Å². The minimum absolute atomic E-state index is 0.0627. The first kappa shape index (κ1) is 34.2. The Labute approximate surface area is 256 Å². The topological polar surface area (TPSA) is 169 Å². The van der Waals surface area contributed by atoms with Crippen molar-refractivity contribution in [3.63, 3.8) is 0 Å². The van der Waals surface area contributed by atoms with Crippen LogP contribution in [0, 0.1) is 28.6 Å². The largest absolute Gasteiger partial charge is 0.508 e. The predicted octanol–water partition coefficient (Wildman–Crippen LogP) is 4.20. The average molecular weight is 626 g/mol. The van der Waals surface area contributed by atoms with Crippen molar-refractivity contribution in [2.45, 2.75) is 96.4 Å². The smallest absolute Gasteiger partial charge is 0.450 e. The third kappa shape index (κ3) is 5.61. The molecule has 44 heavy (non-hydrogen) atoms. The van der Waals surface area contributed by atoms with Crippen molar-refractivity contribution < 1.29 is 58.1 Å². The number of nitrogens with zero attached hydrogens (tertiary/aromatic N) is 1. The third-order valence-corrected chi connectivity index (χ3v) is 10.6. The van der Waals surface area contributed by atoms with Gasteiger partial charge in [0.05, 0.1) is 24.7 Å². The second kappa shape index (κ2) is 13.0. The molecule has 4 rings (SSSR count). The van der Waals surface area contributed by atoms with E-state index in [9.17, 15) is 24.3 Å². The molecule has 3 fully saturated rings. The molecule has 8 atom stereocenters. The number of fused-ring (bicyclic) bond motifs is 5. The molecule has 1 unspecified atom stereocenters. The summed E-state index contributed by atoms with van der Waals surface area (Å²) in [5.41, 5.74) is -5.71. The molecule has 0 bridgehead atoms. The van der Waals surface area contributed by atoms with Crippen LogP contribution in [-0.2, 0) is 33.4 Å². The predicted molar refractivity (Wildman–Crippen MR) is 150 cm³/mol. The highest BCUT2D eigenvalue weighted by atomic mass is 19.1. The van der Waals surface area contributed by atoms with Crippen LogP contribution in [-0.4, -0.2) is 81.8 Å². The van der Waals surface area contributed by atoms with Crippen LogP contribution in [0.5, 0.6) is 0 Å². The van der Waals surface area contributed by atoms with Gasteiger partial charge in [-0.25, -0.2) is 9.18 Å². The van der Waals surface area contributed by atoms with Gasteiger partial charge in [0, 0.05) is 35.5 Å². The van der Waals surface area contributed by atoms with Crippen LogP contribution in [0.1, 0.15) is 79.1 Å². The SMILES string of the molecule is CCCCC(=O)O[C@]1(C(=O)COC(=O)OCCCON(O)O)[C@@H](C)C[C@H]2C3CCC4=CC(=O)C=C[C@]4(C)[C@@]3(F)[C@@H](O)C[C@@]21C. The van der Waals surface area contributed by atoms with E-state index in [1.54, 1.807) is 26.8 Å². The molecule has 3 saturated carbocycles. The Balaban J connectivity index is 1.62. The third-order valence-electron chi connectivity index (χ3n) is 10.6. The molecular weight excluding hydrogens is 581 g/mol. The number of ether oxygens (including phenoxy) is 3. The molecule has 0 spiro atoms. The van der Waals surface area contributed by atoms with Gasteiger partial charge in [-0.15, -0.1) is 0 Å². The standard InChI is InChI=1S/C31H44FNO11/c1-5-6-8-26(37)44-31(25(36)18-42-27(38)41-13-7-14-43-33(39)40)19(2)15-23-22-10-9-20-16-21(34)11-12-28(20,3)30(22,32)24(35)17-29(23,31)4/h11-12,16,19,22-24,35,39-40H,5-10,13-15,17-18H2,1-4H3/t19-,22?,23-,24-,28-,29-,30-,31-/m0/s1. The highest BCUT2D eigenvalue weighted by Crippen LogP contribution is 2.71. The molecule has 3 N–H and O–H groups in total. The lowest BCUT2D eigenvalue weighted by atomic mass is 9.44. The molecular formula is C31H44FNO11. The van der Waals surface area contributed by atoms with Crippen molar-refractivity contribution in [3.8, 4) is 0 Å². The van der Waals surface area contributed by atoms with Gasteiger partial charge >= 0.3 is 12.1 Å². The summed E-state index contributed by atoms with van der Waals surface area (Å²) >= 11 is 0. The second-order valence-corrected chi connectivity index (χ2v) is 13.0. The van der Waals surface area contributed by atoms with Crippen LogP contribution in [0.2, 0.25) is 0 Å². The van der Waals surface area contributed by atoms with Crippen molar-refractivity contribution in [1.29, 1.82) is 0 Å². The zero-order chi connectivity index (χ0) is 32.5. The lowest BCUT2D eigenvalue weighted by Gasteiger charge is -2.62. The summed E-state index contributed by atoms with van der Waals surface area (Å²) in [6.07, 6.45) is 3.98. The highest BCUT2D eigenvalue weighted by molar-refractivity contribution is 6.01. The Morgan fingerprint density at radius 2 is 1.84 bits per heavy atom. The van der Waals surface area contributed by atoms with Crippen molar-refractivity contribution in [2.24, 2.45) is 28.6 Å².